The van der Waals surface area contributed by atoms with Crippen molar-refractivity contribution in [1.29, 1.82) is 0 Å². The second-order valence-electron chi connectivity index (χ2n) is 5.80. The smallest absolute Gasteiger partial charge is 0.307 e. The minimum absolute atomic E-state index is 0.0268. The molecule has 2 fully saturated rings. The van der Waals surface area contributed by atoms with Crippen LogP contribution in [0.5, 0.6) is 5.75 Å². The van der Waals surface area contributed by atoms with Gasteiger partial charge in [0.15, 0.2) is 0 Å². The Balaban J connectivity index is 1.96. The van der Waals surface area contributed by atoms with Crippen LogP contribution in [0.3, 0.4) is 0 Å². The van der Waals surface area contributed by atoms with Gasteiger partial charge in [0.25, 0.3) is 0 Å². The number of carbonyl (C=O) groups is 1. The van der Waals surface area contributed by atoms with Crippen molar-refractivity contribution in [1.82, 2.24) is 4.31 Å². The molecule has 1 aromatic carbocycles. The molecule has 0 amide bonds. The maximum Gasteiger partial charge on any atom is 0.307 e. The predicted octanol–water partition coefficient (Wildman–Crippen LogP) is 0.874. The molecule has 0 unspecified atom stereocenters. The number of nitrogens with zero attached hydrogens (tertiary/aromatic N) is 1. The van der Waals surface area contributed by atoms with Gasteiger partial charge in [-0.1, -0.05) is 0 Å². The highest BCUT2D eigenvalue weighted by Gasteiger charge is 2.45. The topological polar surface area (TPSA) is 93.1 Å². The fourth-order valence-corrected chi connectivity index (χ4v) is 4.62. The molecule has 8 heteroatoms. The van der Waals surface area contributed by atoms with Crippen molar-refractivity contribution in [2.45, 2.75) is 36.2 Å². The van der Waals surface area contributed by atoms with Crippen molar-refractivity contribution in [3.63, 3.8) is 0 Å². The van der Waals surface area contributed by atoms with Gasteiger partial charge in [0.2, 0.25) is 10.0 Å². The Morgan fingerprint density at radius 3 is 2.52 bits per heavy atom. The van der Waals surface area contributed by atoms with Crippen LogP contribution >= 0.6 is 0 Å². The van der Waals surface area contributed by atoms with E-state index in [9.17, 15) is 13.2 Å². The predicted molar refractivity (Wildman–Crippen MR) is 81.0 cm³/mol. The number of ether oxygens (including phenoxy) is 2. The number of methoxy groups -OCH3 is 1. The Hall–Kier alpha value is -1.64. The minimum Gasteiger partial charge on any atom is -0.496 e. The van der Waals surface area contributed by atoms with Crippen LogP contribution in [-0.2, 0) is 26.0 Å². The molecule has 23 heavy (non-hydrogen) atoms. The SMILES string of the molecule is COc1ccc(S(=O)(=O)N(C2CC2)C2COC2)cc1CC(=O)O. The van der Waals surface area contributed by atoms with Gasteiger partial charge in [-0.05, 0) is 31.0 Å². The molecule has 1 aromatic rings. The van der Waals surface area contributed by atoms with Crippen LogP contribution in [0.2, 0.25) is 0 Å². The van der Waals surface area contributed by atoms with Crippen molar-refractivity contribution in [2.24, 2.45) is 0 Å². The van der Waals surface area contributed by atoms with Crippen molar-refractivity contribution in [3.05, 3.63) is 23.8 Å². The van der Waals surface area contributed by atoms with Gasteiger partial charge in [0.05, 0.1) is 37.7 Å². The number of rotatable bonds is 7. The third-order valence-corrected chi connectivity index (χ3v) is 6.06. The molecular weight excluding hydrogens is 322 g/mol. The monoisotopic (exact) mass is 341 g/mol. The molecule has 3 rings (SSSR count). The second-order valence-corrected chi connectivity index (χ2v) is 7.64. The first kappa shape index (κ1) is 16.2. The molecule has 0 atom stereocenters. The summed E-state index contributed by atoms with van der Waals surface area (Å²) in [6.45, 7) is 0.821. The fraction of sp³-hybridized carbons (Fsp3) is 0.533. The van der Waals surface area contributed by atoms with Crippen LogP contribution in [-0.4, -0.2) is 56.2 Å². The highest BCUT2D eigenvalue weighted by Crippen LogP contribution is 2.36. The summed E-state index contributed by atoms with van der Waals surface area (Å²) in [5.74, 6) is -0.666. The van der Waals surface area contributed by atoms with Gasteiger partial charge >= 0.3 is 5.97 Å². The summed E-state index contributed by atoms with van der Waals surface area (Å²) in [4.78, 5) is 11.1. The number of benzene rings is 1. The van der Waals surface area contributed by atoms with E-state index >= 15 is 0 Å². The molecule has 1 heterocycles. The molecule has 2 aliphatic rings. The standard InChI is InChI=1S/C15H19NO6S/c1-21-14-5-4-13(6-10(14)7-15(17)18)23(19,20)16(11-2-3-11)12-8-22-9-12/h4-6,11-12H,2-3,7-9H2,1H3,(H,17,18). The Bertz CT molecular complexity index is 709. The Labute approximate surface area is 134 Å². The molecule has 1 aliphatic carbocycles. The summed E-state index contributed by atoms with van der Waals surface area (Å²) in [5, 5.41) is 8.99. The van der Waals surface area contributed by atoms with E-state index in [1.807, 2.05) is 0 Å². The number of hydrogen-bond donors (Lipinski definition) is 1. The molecule has 0 spiro atoms. The van der Waals surface area contributed by atoms with Crippen molar-refractivity contribution >= 4 is 16.0 Å². The first-order valence-electron chi connectivity index (χ1n) is 7.43. The summed E-state index contributed by atoms with van der Waals surface area (Å²) in [6.07, 6.45) is 1.42. The molecule has 1 N–H and O–H groups in total. The van der Waals surface area contributed by atoms with Crippen LogP contribution in [0, 0.1) is 0 Å². The molecule has 1 aliphatic heterocycles. The van der Waals surface area contributed by atoms with E-state index in [1.54, 1.807) is 0 Å². The van der Waals surface area contributed by atoms with E-state index in [2.05, 4.69) is 0 Å². The third-order valence-electron chi connectivity index (χ3n) is 4.06. The van der Waals surface area contributed by atoms with Gasteiger partial charge in [-0.25, -0.2) is 8.42 Å². The van der Waals surface area contributed by atoms with Gasteiger partial charge in [0, 0.05) is 11.6 Å². The van der Waals surface area contributed by atoms with Crippen LogP contribution in [0.1, 0.15) is 18.4 Å². The van der Waals surface area contributed by atoms with E-state index in [4.69, 9.17) is 14.6 Å². The van der Waals surface area contributed by atoms with Crippen molar-refractivity contribution in [2.75, 3.05) is 20.3 Å². The summed E-state index contributed by atoms with van der Waals surface area (Å²) in [7, 11) is -2.25. The normalized spacial score (nSPS) is 18.7. The van der Waals surface area contributed by atoms with E-state index in [-0.39, 0.29) is 23.4 Å². The number of hydrogen-bond acceptors (Lipinski definition) is 5. The highest BCUT2D eigenvalue weighted by molar-refractivity contribution is 7.89. The molecule has 126 valence electrons. The fourth-order valence-electron chi connectivity index (χ4n) is 2.73. The lowest BCUT2D eigenvalue weighted by molar-refractivity contribution is -0.136. The molecule has 0 bridgehead atoms. The highest BCUT2D eigenvalue weighted by atomic mass is 32.2. The van der Waals surface area contributed by atoms with Gasteiger partial charge in [-0.2, -0.15) is 4.31 Å². The van der Waals surface area contributed by atoms with Gasteiger partial charge in [0.1, 0.15) is 5.75 Å². The molecule has 0 radical (unpaired) electrons. The van der Waals surface area contributed by atoms with E-state index in [0.717, 1.165) is 12.8 Å². The molecule has 1 saturated carbocycles. The zero-order valence-corrected chi connectivity index (χ0v) is 13.6. The first-order valence-corrected chi connectivity index (χ1v) is 8.87. The summed E-state index contributed by atoms with van der Waals surface area (Å²) >= 11 is 0. The quantitative estimate of drug-likeness (QED) is 0.791. The van der Waals surface area contributed by atoms with E-state index < -0.39 is 16.0 Å². The van der Waals surface area contributed by atoms with Crippen LogP contribution < -0.4 is 4.74 Å². The van der Waals surface area contributed by atoms with Crippen LogP contribution in [0.15, 0.2) is 23.1 Å². The lowest BCUT2D eigenvalue weighted by Gasteiger charge is -2.36. The third kappa shape index (κ3) is 3.19. The van der Waals surface area contributed by atoms with Crippen LogP contribution in [0.4, 0.5) is 0 Å². The number of sulfonamides is 1. The molecule has 7 nitrogen and oxygen atoms in total. The second kappa shape index (κ2) is 6.10. The largest absolute Gasteiger partial charge is 0.496 e. The maximum absolute atomic E-state index is 13.0. The zero-order chi connectivity index (χ0) is 16.6. The van der Waals surface area contributed by atoms with Gasteiger partial charge in [-0.3, -0.25) is 4.79 Å². The first-order chi connectivity index (χ1) is 10.9. The van der Waals surface area contributed by atoms with Crippen molar-refractivity contribution < 1.29 is 27.8 Å². The molecule has 0 aromatic heterocycles. The summed E-state index contributed by atoms with van der Waals surface area (Å²) in [5.41, 5.74) is 0.349. The number of carboxylic acid groups (broad SMARTS) is 1. The zero-order valence-electron chi connectivity index (χ0n) is 12.8. The minimum atomic E-state index is -3.68. The molecular formula is C15H19NO6S. The maximum atomic E-state index is 13.0. The van der Waals surface area contributed by atoms with Crippen LogP contribution in [0.25, 0.3) is 0 Å². The Kier molecular flexibility index (Phi) is 4.31. The lowest BCUT2D eigenvalue weighted by Crippen LogP contribution is -2.52. The average Bonchev–Trinajstić information content (AvgIpc) is 3.26. The molecule has 1 saturated heterocycles. The average molecular weight is 341 g/mol. The van der Waals surface area contributed by atoms with Gasteiger partial charge < -0.3 is 14.6 Å². The number of aliphatic carboxylic acids is 1. The van der Waals surface area contributed by atoms with E-state index in [1.165, 1.54) is 29.6 Å². The number of carboxylic acids is 1. The summed E-state index contributed by atoms with van der Waals surface area (Å²) < 4.78 is 37.7. The Morgan fingerprint density at radius 1 is 1.35 bits per heavy atom. The Morgan fingerprint density at radius 2 is 2.04 bits per heavy atom. The lowest BCUT2D eigenvalue weighted by atomic mass is 10.1. The van der Waals surface area contributed by atoms with Gasteiger partial charge in [-0.15, -0.1) is 0 Å². The van der Waals surface area contributed by atoms with Crippen molar-refractivity contribution in [3.8, 4) is 5.75 Å². The summed E-state index contributed by atoms with van der Waals surface area (Å²) in [6, 6.07) is 4.27. The van der Waals surface area contributed by atoms with E-state index in [0.29, 0.717) is 24.5 Å².